The molecular weight excluding hydrogens is 449 g/mol. The maximum atomic E-state index is 13.2. The number of aliphatic hydroxyl groups is 1. The van der Waals surface area contributed by atoms with Crippen molar-refractivity contribution in [3.05, 3.63) is 77.3 Å². The first-order valence-electron chi connectivity index (χ1n) is 10.5. The van der Waals surface area contributed by atoms with Gasteiger partial charge in [0.15, 0.2) is 6.23 Å². The van der Waals surface area contributed by atoms with Crippen LogP contribution in [-0.4, -0.2) is 22.2 Å². The van der Waals surface area contributed by atoms with E-state index in [0.717, 1.165) is 11.6 Å². The van der Waals surface area contributed by atoms with Crippen molar-refractivity contribution in [2.24, 2.45) is 5.73 Å². The summed E-state index contributed by atoms with van der Waals surface area (Å²) in [5.41, 5.74) is 6.34. The van der Waals surface area contributed by atoms with Gasteiger partial charge in [0.1, 0.15) is 28.4 Å². The number of fused-ring (bicyclic) bond motifs is 1. The number of pyridine rings is 1. The van der Waals surface area contributed by atoms with Gasteiger partial charge in [0.05, 0.1) is 13.7 Å². The Morgan fingerprint density at radius 1 is 1.09 bits per heavy atom. The number of aliphatic hydroxyl groups excluding tert-OH is 1. The van der Waals surface area contributed by atoms with E-state index in [-0.39, 0.29) is 41.2 Å². The number of ether oxygens (including phenoxy) is 1. The van der Waals surface area contributed by atoms with E-state index in [9.17, 15) is 18.3 Å². The number of methoxy groups -OCH3 is 1. The average Bonchev–Trinajstić information content (AvgIpc) is 3.27. The molecule has 4 N–H and O–H groups in total. The maximum absolute atomic E-state index is 13.2. The number of halogens is 3. The number of alkyl halides is 3. The molecule has 4 aromatic rings. The van der Waals surface area contributed by atoms with Crippen LogP contribution in [0.25, 0.3) is 22.4 Å². The highest BCUT2D eigenvalue weighted by Gasteiger charge is 2.33. The molecule has 4 rings (SSSR count). The largest absolute Gasteiger partial charge is 0.494 e. The molecule has 0 radical (unpaired) electrons. The van der Waals surface area contributed by atoms with E-state index in [2.05, 4.69) is 15.3 Å². The highest BCUT2D eigenvalue weighted by atomic mass is 19.4. The second kappa shape index (κ2) is 9.41. The van der Waals surface area contributed by atoms with Crippen LogP contribution in [0.4, 0.5) is 13.2 Å². The Morgan fingerprint density at radius 3 is 2.47 bits per heavy atom. The molecule has 2 heterocycles. The predicted molar refractivity (Wildman–Crippen MR) is 120 cm³/mol. The van der Waals surface area contributed by atoms with E-state index in [1.165, 1.54) is 19.2 Å². The molecule has 2 aromatic carbocycles. The highest BCUT2D eigenvalue weighted by molar-refractivity contribution is 5.96. The zero-order chi connectivity index (χ0) is 24.5. The summed E-state index contributed by atoms with van der Waals surface area (Å²) in [6.45, 7) is 1.86. The van der Waals surface area contributed by atoms with E-state index < -0.39 is 18.1 Å². The van der Waals surface area contributed by atoms with E-state index >= 15 is 0 Å². The average molecular weight is 472 g/mol. The normalized spacial score (nSPS) is 13.7. The lowest BCUT2D eigenvalue weighted by molar-refractivity contribution is -0.140. The van der Waals surface area contributed by atoms with Gasteiger partial charge in [-0.25, -0.2) is 9.97 Å². The molecule has 0 spiro atoms. The monoisotopic (exact) mass is 472 g/mol. The van der Waals surface area contributed by atoms with Crippen LogP contribution in [0.5, 0.6) is 5.75 Å². The summed E-state index contributed by atoms with van der Waals surface area (Å²) < 4.78 is 50.6. The van der Waals surface area contributed by atoms with Crippen LogP contribution in [0.2, 0.25) is 0 Å². The number of benzene rings is 2. The summed E-state index contributed by atoms with van der Waals surface area (Å²) in [4.78, 5) is 8.18. The number of rotatable bonds is 7. The third-order valence-electron chi connectivity index (χ3n) is 5.44. The molecule has 7 nitrogen and oxygen atoms in total. The fourth-order valence-corrected chi connectivity index (χ4v) is 3.69. The summed E-state index contributed by atoms with van der Waals surface area (Å²) in [5, 5.41) is 14.2. The molecule has 2 unspecified atom stereocenters. The van der Waals surface area contributed by atoms with Gasteiger partial charge in [-0.3, -0.25) is 5.32 Å². The van der Waals surface area contributed by atoms with Crippen molar-refractivity contribution in [1.29, 1.82) is 0 Å². The van der Waals surface area contributed by atoms with Crippen LogP contribution in [0.15, 0.2) is 59.0 Å². The van der Waals surface area contributed by atoms with Crippen LogP contribution in [0.3, 0.4) is 0 Å². The Labute approximate surface area is 193 Å². The van der Waals surface area contributed by atoms with Gasteiger partial charge in [0.2, 0.25) is 5.89 Å². The Hall–Kier alpha value is -3.47. The second-order valence-corrected chi connectivity index (χ2v) is 7.64. The Bertz CT molecular complexity index is 1290. The quantitative estimate of drug-likeness (QED) is 0.334. The zero-order valence-corrected chi connectivity index (χ0v) is 18.4. The summed E-state index contributed by atoms with van der Waals surface area (Å²) >= 11 is 0. The lowest BCUT2D eigenvalue weighted by Gasteiger charge is -2.18. The number of oxazole rings is 1. The smallest absolute Gasteiger partial charge is 0.433 e. The van der Waals surface area contributed by atoms with Crippen molar-refractivity contribution in [2.45, 2.75) is 31.9 Å². The number of hydrogen-bond donors (Lipinski definition) is 3. The van der Waals surface area contributed by atoms with E-state index in [0.29, 0.717) is 10.9 Å². The Kier molecular flexibility index (Phi) is 6.56. The number of nitrogens with one attached hydrogen (secondary N) is 1. The first kappa shape index (κ1) is 23.7. The van der Waals surface area contributed by atoms with Crippen LogP contribution in [0.1, 0.15) is 41.9 Å². The minimum Gasteiger partial charge on any atom is -0.494 e. The fraction of sp³-hybridized carbons (Fsp3) is 0.250. The van der Waals surface area contributed by atoms with E-state index in [1.807, 2.05) is 37.3 Å². The van der Waals surface area contributed by atoms with Crippen molar-refractivity contribution in [3.8, 4) is 17.2 Å². The van der Waals surface area contributed by atoms with Gasteiger partial charge in [-0.1, -0.05) is 30.3 Å². The molecule has 178 valence electrons. The van der Waals surface area contributed by atoms with Crippen LogP contribution < -0.4 is 15.8 Å². The summed E-state index contributed by atoms with van der Waals surface area (Å²) in [5.74, 6) is 0.519. The Balaban J connectivity index is 1.73. The summed E-state index contributed by atoms with van der Waals surface area (Å²) in [6.07, 6.45) is -5.80. The molecule has 0 fully saturated rings. The first-order chi connectivity index (χ1) is 16.2. The second-order valence-electron chi connectivity index (χ2n) is 7.64. The standard InChI is InChI=1S/C24H23F3N4O3/c1-13(14-6-4-3-5-7-14)29-22(32)21-18(12-28)34-23(31-21)16-8-10-17(33-2)20-15(16)9-11-19(30-20)24(25,26)27/h3-11,13,22,29,32H,12,28H2,1-2H3. The van der Waals surface area contributed by atoms with Gasteiger partial charge in [-0.2, -0.15) is 13.2 Å². The number of hydrogen-bond acceptors (Lipinski definition) is 7. The summed E-state index contributed by atoms with van der Waals surface area (Å²) in [7, 11) is 1.35. The number of nitrogens with zero attached hydrogens (tertiary/aromatic N) is 2. The number of nitrogens with two attached hydrogens (primary N) is 1. The Morgan fingerprint density at radius 2 is 1.82 bits per heavy atom. The minimum atomic E-state index is -4.61. The van der Waals surface area contributed by atoms with Gasteiger partial charge in [-0.15, -0.1) is 0 Å². The highest BCUT2D eigenvalue weighted by Crippen LogP contribution is 2.37. The van der Waals surface area contributed by atoms with Crippen molar-refractivity contribution >= 4 is 10.9 Å². The molecule has 0 saturated heterocycles. The molecule has 0 bridgehead atoms. The van der Waals surface area contributed by atoms with Gasteiger partial charge in [-0.05, 0) is 36.8 Å². The molecular formula is C24H23F3N4O3. The lowest BCUT2D eigenvalue weighted by Crippen LogP contribution is -2.25. The molecule has 10 heteroatoms. The molecule has 0 amide bonds. The molecule has 0 aliphatic carbocycles. The molecule has 0 aliphatic rings. The molecule has 2 atom stereocenters. The molecule has 2 aromatic heterocycles. The zero-order valence-electron chi connectivity index (χ0n) is 18.4. The van der Waals surface area contributed by atoms with Crippen LogP contribution in [-0.2, 0) is 12.7 Å². The lowest BCUT2D eigenvalue weighted by atomic mass is 10.1. The minimum absolute atomic E-state index is 0.0141. The summed E-state index contributed by atoms with van der Waals surface area (Å²) in [6, 6.07) is 14.6. The SMILES string of the molecule is COc1ccc(-c2nc(C(O)NC(C)c3ccccc3)c(CN)o2)c2ccc(C(F)(F)F)nc12. The van der Waals surface area contributed by atoms with Gasteiger partial charge in [0.25, 0.3) is 0 Å². The van der Waals surface area contributed by atoms with Crippen molar-refractivity contribution in [2.75, 3.05) is 7.11 Å². The number of aromatic nitrogens is 2. The van der Waals surface area contributed by atoms with E-state index in [1.54, 1.807) is 6.07 Å². The van der Waals surface area contributed by atoms with Crippen molar-refractivity contribution in [1.82, 2.24) is 15.3 Å². The maximum Gasteiger partial charge on any atom is 0.433 e. The van der Waals surface area contributed by atoms with Crippen LogP contribution in [0, 0.1) is 0 Å². The fourth-order valence-electron chi connectivity index (χ4n) is 3.69. The van der Waals surface area contributed by atoms with Gasteiger partial charge < -0.3 is 20.0 Å². The van der Waals surface area contributed by atoms with Crippen LogP contribution >= 0.6 is 0 Å². The third kappa shape index (κ3) is 4.60. The van der Waals surface area contributed by atoms with Gasteiger partial charge >= 0.3 is 6.18 Å². The van der Waals surface area contributed by atoms with E-state index in [4.69, 9.17) is 14.9 Å². The molecule has 0 aliphatic heterocycles. The van der Waals surface area contributed by atoms with Gasteiger partial charge in [0, 0.05) is 17.0 Å². The molecule has 34 heavy (non-hydrogen) atoms. The topological polar surface area (TPSA) is 106 Å². The third-order valence-corrected chi connectivity index (χ3v) is 5.44. The molecule has 0 saturated carbocycles. The predicted octanol–water partition coefficient (Wildman–Crippen LogP) is 4.72. The van der Waals surface area contributed by atoms with Crippen molar-refractivity contribution < 1.29 is 27.4 Å². The first-order valence-corrected chi connectivity index (χ1v) is 10.5. The van der Waals surface area contributed by atoms with Crippen molar-refractivity contribution in [3.63, 3.8) is 0 Å².